The van der Waals surface area contributed by atoms with Crippen LogP contribution in [0.3, 0.4) is 0 Å². The summed E-state index contributed by atoms with van der Waals surface area (Å²) in [7, 11) is 0. The Morgan fingerprint density at radius 2 is 1.79 bits per heavy atom. The molecule has 1 aromatic carbocycles. The van der Waals surface area contributed by atoms with Crippen molar-refractivity contribution in [1.29, 1.82) is 0 Å². The summed E-state index contributed by atoms with van der Waals surface area (Å²) in [5.41, 5.74) is 0.343. The molecule has 1 saturated heterocycles. The van der Waals surface area contributed by atoms with Crippen LogP contribution in [-0.2, 0) is 9.59 Å². The van der Waals surface area contributed by atoms with Crippen LogP contribution in [0.15, 0.2) is 24.3 Å². The summed E-state index contributed by atoms with van der Waals surface area (Å²) in [5, 5.41) is 0.509. The van der Waals surface area contributed by atoms with Gasteiger partial charge in [0.1, 0.15) is 0 Å². The molecule has 0 aliphatic carbocycles. The number of carbonyl (C=O) groups is 3. The lowest BCUT2D eigenvalue weighted by Crippen LogP contribution is -2.55. The molecule has 0 atom stereocenters. The fourth-order valence-electron chi connectivity index (χ4n) is 1.92. The first-order valence-corrected chi connectivity index (χ1v) is 6.33. The Hall–Kier alpha value is -1.88. The molecule has 5 nitrogen and oxygen atoms in total. The number of rotatable bonds is 2. The molecule has 100 valence electrons. The molecule has 0 N–H and O–H groups in total. The predicted molar refractivity (Wildman–Crippen MR) is 69.7 cm³/mol. The van der Waals surface area contributed by atoms with E-state index in [0.717, 1.165) is 4.90 Å². The van der Waals surface area contributed by atoms with Crippen molar-refractivity contribution in [2.24, 2.45) is 0 Å². The summed E-state index contributed by atoms with van der Waals surface area (Å²) in [5.74, 6) is -1.87. The molecule has 1 fully saturated rings. The first-order chi connectivity index (χ1) is 9.04. The smallest absolute Gasteiger partial charge is 0.319 e. The van der Waals surface area contributed by atoms with Crippen molar-refractivity contribution >= 4 is 29.3 Å². The fourth-order valence-corrected chi connectivity index (χ4v) is 2.04. The van der Waals surface area contributed by atoms with Crippen molar-refractivity contribution in [3.63, 3.8) is 0 Å². The number of nitrogens with zero attached hydrogens (tertiary/aromatic N) is 2. The molecule has 0 radical (unpaired) electrons. The number of carbonyl (C=O) groups excluding carboxylic acids is 3. The average Bonchev–Trinajstić information content (AvgIpc) is 2.42. The lowest BCUT2D eigenvalue weighted by atomic mass is 10.1. The highest BCUT2D eigenvalue weighted by atomic mass is 35.5. The minimum atomic E-state index is -0.770. The summed E-state index contributed by atoms with van der Waals surface area (Å²) in [4.78, 5) is 38.1. The molecule has 19 heavy (non-hydrogen) atoms. The molecule has 6 heteroatoms. The molecule has 1 heterocycles. The summed E-state index contributed by atoms with van der Waals surface area (Å²) >= 11 is 5.74. The van der Waals surface area contributed by atoms with Crippen LogP contribution in [-0.4, -0.2) is 47.2 Å². The fraction of sp³-hybridized carbons (Fsp3) is 0.308. The van der Waals surface area contributed by atoms with E-state index in [1.165, 1.54) is 17.0 Å². The molecule has 0 spiro atoms. The Morgan fingerprint density at radius 3 is 2.37 bits per heavy atom. The van der Waals surface area contributed by atoms with Gasteiger partial charge in [0.25, 0.3) is 5.91 Å². The Balaban J connectivity index is 2.18. The highest BCUT2D eigenvalue weighted by Crippen LogP contribution is 2.14. The molecule has 2 rings (SSSR count). The van der Waals surface area contributed by atoms with Crippen LogP contribution in [0, 0.1) is 0 Å². The Bertz CT molecular complexity index is 527. The van der Waals surface area contributed by atoms with E-state index in [9.17, 15) is 14.4 Å². The largest absolute Gasteiger partial charge is 0.333 e. The third kappa shape index (κ3) is 2.61. The Kier molecular flexibility index (Phi) is 3.85. The van der Waals surface area contributed by atoms with Crippen LogP contribution in [0.2, 0.25) is 5.02 Å². The van der Waals surface area contributed by atoms with Crippen molar-refractivity contribution in [2.75, 3.05) is 19.6 Å². The molecule has 0 aromatic heterocycles. The van der Waals surface area contributed by atoms with Crippen LogP contribution >= 0.6 is 11.6 Å². The highest BCUT2D eigenvalue weighted by Gasteiger charge is 2.35. The van der Waals surface area contributed by atoms with Gasteiger partial charge in [0, 0.05) is 30.2 Å². The SMILES string of the molecule is CCN1CCN(C(=O)c2ccc(Cl)cc2)C(=O)C1=O. The van der Waals surface area contributed by atoms with Gasteiger partial charge in [-0.05, 0) is 31.2 Å². The monoisotopic (exact) mass is 280 g/mol. The van der Waals surface area contributed by atoms with Gasteiger partial charge < -0.3 is 4.90 Å². The van der Waals surface area contributed by atoms with Crippen molar-refractivity contribution in [3.8, 4) is 0 Å². The van der Waals surface area contributed by atoms with Gasteiger partial charge in [-0.1, -0.05) is 11.6 Å². The van der Waals surface area contributed by atoms with Gasteiger partial charge in [-0.2, -0.15) is 0 Å². The molecule has 1 aliphatic heterocycles. The lowest BCUT2D eigenvalue weighted by molar-refractivity contribution is -0.153. The van der Waals surface area contributed by atoms with Gasteiger partial charge in [-0.25, -0.2) is 0 Å². The van der Waals surface area contributed by atoms with E-state index in [0.29, 0.717) is 23.7 Å². The quantitative estimate of drug-likeness (QED) is 0.604. The maximum Gasteiger partial charge on any atom is 0.319 e. The molecular formula is C13H13ClN2O3. The van der Waals surface area contributed by atoms with E-state index >= 15 is 0 Å². The first-order valence-electron chi connectivity index (χ1n) is 5.95. The predicted octanol–water partition coefficient (Wildman–Crippen LogP) is 1.17. The summed E-state index contributed by atoms with van der Waals surface area (Å²) < 4.78 is 0. The second kappa shape index (κ2) is 5.40. The second-order valence-electron chi connectivity index (χ2n) is 4.15. The summed E-state index contributed by atoms with van der Waals surface area (Å²) in [6.45, 7) is 2.86. The van der Waals surface area contributed by atoms with Gasteiger partial charge in [-0.15, -0.1) is 0 Å². The number of halogens is 1. The molecule has 1 aliphatic rings. The van der Waals surface area contributed by atoms with Crippen LogP contribution in [0.1, 0.15) is 17.3 Å². The van der Waals surface area contributed by atoms with Gasteiger partial charge in [0.15, 0.2) is 0 Å². The molecule has 0 saturated carbocycles. The van der Waals surface area contributed by atoms with Gasteiger partial charge in [0.05, 0.1) is 0 Å². The van der Waals surface area contributed by atoms with E-state index in [4.69, 9.17) is 11.6 Å². The molecule has 1 aromatic rings. The first kappa shape index (κ1) is 13.5. The van der Waals surface area contributed by atoms with Crippen LogP contribution in [0.5, 0.6) is 0 Å². The van der Waals surface area contributed by atoms with Gasteiger partial charge in [-0.3, -0.25) is 19.3 Å². The van der Waals surface area contributed by atoms with Crippen molar-refractivity contribution in [3.05, 3.63) is 34.9 Å². The standard InChI is InChI=1S/C13H13ClN2O3/c1-2-15-7-8-16(13(19)12(15)18)11(17)9-3-5-10(14)6-4-9/h3-6H,2,7-8H2,1H3. The van der Waals surface area contributed by atoms with E-state index in [-0.39, 0.29) is 6.54 Å². The number of amides is 3. The van der Waals surface area contributed by atoms with E-state index in [1.807, 2.05) is 0 Å². The molecular weight excluding hydrogens is 268 g/mol. The maximum atomic E-state index is 12.2. The van der Waals surface area contributed by atoms with Gasteiger partial charge >= 0.3 is 11.8 Å². The Labute approximate surface area is 115 Å². The third-order valence-corrected chi connectivity index (χ3v) is 3.28. The minimum absolute atomic E-state index is 0.222. The number of hydrogen-bond acceptors (Lipinski definition) is 3. The molecule has 3 amide bonds. The highest BCUT2D eigenvalue weighted by molar-refractivity contribution is 6.39. The topological polar surface area (TPSA) is 57.7 Å². The van der Waals surface area contributed by atoms with E-state index < -0.39 is 17.7 Å². The number of likely N-dealkylation sites (N-methyl/N-ethyl adjacent to an activating group) is 1. The average molecular weight is 281 g/mol. The zero-order valence-corrected chi connectivity index (χ0v) is 11.2. The third-order valence-electron chi connectivity index (χ3n) is 3.03. The Morgan fingerprint density at radius 1 is 1.16 bits per heavy atom. The van der Waals surface area contributed by atoms with E-state index in [2.05, 4.69) is 0 Å². The van der Waals surface area contributed by atoms with Crippen molar-refractivity contribution in [2.45, 2.75) is 6.92 Å². The van der Waals surface area contributed by atoms with E-state index in [1.54, 1.807) is 19.1 Å². The lowest BCUT2D eigenvalue weighted by Gasteiger charge is -2.31. The van der Waals surface area contributed by atoms with Crippen molar-refractivity contribution < 1.29 is 14.4 Å². The van der Waals surface area contributed by atoms with Crippen LogP contribution < -0.4 is 0 Å². The number of benzene rings is 1. The van der Waals surface area contributed by atoms with Gasteiger partial charge in [0.2, 0.25) is 0 Å². The number of hydrogen-bond donors (Lipinski definition) is 0. The van der Waals surface area contributed by atoms with Crippen LogP contribution in [0.25, 0.3) is 0 Å². The number of piperazine rings is 1. The minimum Gasteiger partial charge on any atom is -0.333 e. The maximum absolute atomic E-state index is 12.2. The second-order valence-corrected chi connectivity index (χ2v) is 4.59. The van der Waals surface area contributed by atoms with Crippen molar-refractivity contribution in [1.82, 2.24) is 9.80 Å². The summed E-state index contributed by atoms with van der Waals surface area (Å²) in [6, 6.07) is 6.22. The zero-order chi connectivity index (χ0) is 14.0. The number of imide groups is 1. The summed E-state index contributed by atoms with van der Waals surface area (Å²) in [6.07, 6.45) is 0. The van der Waals surface area contributed by atoms with Crippen LogP contribution in [0.4, 0.5) is 0 Å². The molecule has 0 unspecified atom stereocenters. The normalized spacial score (nSPS) is 15.9. The zero-order valence-electron chi connectivity index (χ0n) is 10.4. The molecule has 0 bridgehead atoms.